The van der Waals surface area contributed by atoms with Gasteiger partial charge in [0, 0.05) is 42.5 Å². The molecule has 0 fully saturated rings. The van der Waals surface area contributed by atoms with Crippen molar-refractivity contribution in [1.82, 2.24) is 0 Å². The highest BCUT2D eigenvalue weighted by Gasteiger charge is 2.36. The van der Waals surface area contributed by atoms with Crippen LogP contribution in [0, 0.1) is 0 Å². The highest BCUT2D eigenvalue weighted by atomic mass is 32.1. The van der Waals surface area contributed by atoms with Crippen LogP contribution >= 0.6 is 11.3 Å². The van der Waals surface area contributed by atoms with Gasteiger partial charge in [0.1, 0.15) is 0 Å². The number of fused-ring (bicyclic) bond motifs is 6. The van der Waals surface area contributed by atoms with Gasteiger partial charge in [-0.05, 0) is 122 Å². The zero-order valence-electron chi connectivity index (χ0n) is 33.2. The van der Waals surface area contributed by atoms with E-state index in [1.54, 1.807) is 0 Å². The van der Waals surface area contributed by atoms with E-state index < -0.39 is 0 Å². The lowest BCUT2D eigenvalue weighted by molar-refractivity contribution is 0.590. The van der Waals surface area contributed by atoms with Gasteiger partial charge < -0.3 is 4.90 Å². The molecule has 1 nitrogen and oxygen atoms in total. The van der Waals surface area contributed by atoms with E-state index in [-0.39, 0.29) is 10.8 Å². The summed E-state index contributed by atoms with van der Waals surface area (Å²) in [4.78, 5) is 2.40. The summed E-state index contributed by atoms with van der Waals surface area (Å²) in [5.41, 5.74) is 17.6. The van der Waals surface area contributed by atoms with Crippen molar-refractivity contribution < 1.29 is 0 Å². The molecule has 1 aromatic heterocycles. The first-order chi connectivity index (χ1) is 27.6. The first kappa shape index (κ1) is 35.2. The van der Waals surface area contributed by atoms with Crippen LogP contribution < -0.4 is 4.90 Å². The summed E-state index contributed by atoms with van der Waals surface area (Å²) < 4.78 is 2.66. The highest BCUT2D eigenvalue weighted by molar-refractivity contribution is 7.25. The molecule has 0 atom stereocenters. The van der Waals surface area contributed by atoms with Crippen molar-refractivity contribution in [2.45, 2.75) is 45.4 Å². The van der Waals surface area contributed by atoms with Crippen molar-refractivity contribution in [2.24, 2.45) is 0 Å². The number of nitrogens with zero attached hydrogens (tertiary/aromatic N) is 1. The largest absolute Gasteiger partial charge is 0.310 e. The Morgan fingerprint density at radius 2 is 1.02 bits per heavy atom. The Hall–Kier alpha value is -6.22. The smallest absolute Gasteiger partial charge is 0.0540 e. The van der Waals surface area contributed by atoms with Crippen LogP contribution in [0.5, 0.6) is 0 Å². The predicted octanol–water partition coefficient (Wildman–Crippen LogP) is 16.1. The summed E-state index contributed by atoms with van der Waals surface area (Å²) in [5, 5.41) is 2.65. The minimum Gasteiger partial charge on any atom is -0.310 e. The molecule has 0 amide bonds. The molecule has 57 heavy (non-hydrogen) atoms. The number of para-hydroxylation sites is 2. The normalized spacial score (nSPS) is 13.1. The molecule has 10 rings (SSSR count). The van der Waals surface area contributed by atoms with Crippen LogP contribution in [-0.4, -0.2) is 0 Å². The van der Waals surface area contributed by atoms with Crippen LogP contribution in [0.2, 0.25) is 0 Å². The van der Waals surface area contributed by atoms with E-state index in [9.17, 15) is 0 Å². The molecule has 0 aliphatic heterocycles. The third-order valence-electron chi connectivity index (χ3n) is 12.1. The van der Waals surface area contributed by atoms with Gasteiger partial charge in [0.05, 0.1) is 5.69 Å². The van der Waals surface area contributed by atoms with E-state index in [0.717, 1.165) is 17.1 Å². The van der Waals surface area contributed by atoms with Gasteiger partial charge in [-0.25, -0.2) is 0 Å². The molecule has 0 bridgehead atoms. The minimum atomic E-state index is -0.108. The fourth-order valence-electron chi connectivity index (χ4n) is 8.89. The van der Waals surface area contributed by atoms with Gasteiger partial charge in [-0.3, -0.25) is 0 Å². The number of hydrogen-bond acceptors (Lipinski definition) is 2. The maximum atomic E-state index is 2.43. The van der Waals surface area contributed by atoms with Crippen LogP contribution in [0.4, 0.5) is 17.1 Å². The van der Waals surface area contributed by atoms with Crippen molar-refractivity contribution >= 4 is 48.6 Å². The third-order valence-corrected chi connectivity index (χ3v) is 13.2. The van der Waals surface area contributed by atoms with Crippen molar-refractivity contribution in [3.8, 4) is 44.5 Å². The molecule has 0 radical (unpaired) electrons. The molecule has 0 unspecified atom stereocenters. The number of benzene rings is 8. The van der Waals surface area contributed by atoms with Gasteiger partial charge in [0.2, 0.25) is 0 Å². The standard InChI is InChI=1S/C55H45NS/c1-54(2,3)41-26-19-36(20-27-41)39-23-30-45-47-34-40(24-31-49(47)55(4,5)50(45)35-39)44-15-9-11-17-51(44)56(42-13-7-6-8-14-42)43-28-21-37(22-29-43)38-25-32-53-48(33-38)46-16-10-12-18-52(46)57-53/h6-35H,1-5H3. The van der Waals surface area contributed by atoms with E-state index >= 15 is 0 Å². The molecular weight excluding hydrogens is 707 g/mol. The molecule has 8 aromatic carbocycles. The van der Waals surface area contributed by atoms with Crippen molar-refractivity contribution in [1.29, 1.82) is 0 Å². The maximum Gasteiger partial charge on any atom is 0.0540 e. The molecule has 0 saturated carbocycles. The van der Waals surface area contributed by atoms with Crippen LogP contribution in [0.15, 0.2) is 182 Å². The van der Waals surface area contributed by atoms with Gasteiger partial charge in [0.25, 0.3) is 0 Å². The lowest BCUT2D eigenvalue weighted by Gasteiger charge is -2.28. The summed E-state index contributed by atoms with van der Waals surface area (Å²) in [6, 6.07) is 67.6. The van der Waals surface area contributed by atoms with Crippen molar-refractivity contribution in [3.05, 3.63) is 199 Å². The SMILES string of the molecule is CC(C)(C)c1ccc(-c2ccc3c(c2)C(C)(C)c2ccc(-c4ccccc4N(c4ccccc4)c4ccc(-c5ccc6sc7ccccc7c6c5)cc4)cc2-3)cc1. The van der Waals surface area contributed by atoms with E-state index in [1.807, 2.05) is 11.3 Å². The molecule has 2 heteroatoms. The Morgan fingerprint density at radius 3 is 1.79 bits per heavy atom. The maximum absolute atomic E-state index is 2.43. The molecule has 9 aromatic rings. The summed E-state index contributed by atoms with van der Waals surface area (Å²) in [7, 11) is 0. The Labute approximate surface area is 340 Å². The van der Waals surface area contributed by atoms with Gasteiger partial charge in [-0.15, -0.1) is 11.3 Å². The second-order valence-electron chi connectivity index (χ2n) is 17.0. The van der Waals surface area contributed by atoms with Gasteiger partial charge in [-0.2, -0.15) is 0 Å². The number of rotatable bonds is 6. The summed E-state index contributed by atoms with van der Waals surface area (Å²) >= 11 is 1.86. The van der Waals surface area contributed by atoms with Gasteiger partial charge in [-0.1, -0.05) is 156 Å². The number of hydrogen-bond donors (Lipinski definition) is 0. The van der Waals surface area contributed by atoms with E-state index in [2.05, 4.69) is 222 Å². The van der Waals surface area contributed by atoms with Gasteiger partial charge >= 0.3 is 0 Å². The molecule has 0 saturated heterocycles. The second-order valence-corrected chi connectivity index (χ2v) is 18.1. The topological polar surface area (TPSA) is 3.24 Å². The first-order valence-electron chi connectivity index (χ1n) is 20.0. The average molecular weight is 752 g/mol. The van der Waals surface area contributed by atoms with Crippen LogP contribution in [0.1, 0.15) is 51.3 Å². The van der Waals surface area contributed by atoms with E-state index in [0.29, 0.717) is 0 Å². The Kier molecular flexibility index (Phi) is 8.32. The molecule has 1 aliphatic carbocycles. The van der Waals surface area contributed by atoms with Crippen molar-refractivity contribution in [2.75, 3.05) is 4.90 Å². The predicted molar refractivity (Wildman–Crippen MR) is 247 cm³/mol. The monoisotopic (exact) mass is 751 g/mol. The fourth-order valence-corrected chi connectivity index (χ4v) is 9.98. The number of anilines is 3. The zero-order chi connectivity index (χ0) is 38.9. The van der Waals surface area contributed by atoms with Crippen LogP contribution in [-0.2, 0) is 10.8 Å². The lowest BCUT2D eigenvalue weighted by Crippen LogP contribution is -2.15. The highest BCUT2D eigenvalue weighted by Crippen LogP contribution is 2.52. The molecule has 0 N–H and O–H groups in total. The van der Waals surface area contributed by atoms with Crippen LogP contribution in [0.3, 0.4) is 0 Å². The first-order valence-corrected chi connectivity index (χ1v) is 20.8. The third kappa shape index (κ3) is 6.07. The van der Waals surface area contributed by atoms with E-state index in [4.69, 9.17) is 0 Å². The Morgan fingerprint density at radius 1 is 0.421 bits per heavy atom. The van der Waals surface area contributed by atoms with Crippen molar-refractivity contribution in [3.63, 3.8) is 0 Å². The summed E-state index contributed by atoms with van der Waals surface area (Å²) in [6.07, 6.45) is 0. The zero-order valence-corrected chi connectivity index (χ0v) is 34.0. The van der Waals surface area contributed by atoms with E-state index in [1.165, 1.54) is 81.4 Å². The Bertz CT molecular complexity index is 2940. The average Bonchev–Trinajstić information content (AvgIpc) is 3.72. The summed E-state index contributed by atoms with van der Waals surface area (Å²) in [6.45, 7) is 11.6. The lowest BCUT2D eigenvalue weighted by atomic mass is 9.81. The molecular formula is C55H45NS. The number of thiophene rings is 1. The molecule has 276 valence electrons. The van der Waals surface area contributed by atoms with Crippen LogP contribution in [0.25, 0.3) is 64.7 Å². The minimum absolute atomic E-state index is 0.108. The quantitative estimate of drug-likeness (QED) is 0.164. The summed E-state index contributed by atoms with van der Waals surface area (Å²) in [5.74, 6) is 0. The Balaban J connectivity index is 1.03. The molecule has 1 aliphatic rings. The molecule has 0 spiro atoms. The second kappa shape index (κ2) is 13.5. The fraction of sp³-hybridized carbons (Fsp3) is 0.127. The van der Waals surface area contributed by atoms with Gasteiger partial charge in [0.15, 0.2) is 0 Å². The molecule has 1 heterocycles.